The molecular weight excluding hydrogens is 204 g/mol. The molecule has 0 bridgehead atoms. The van der Waals surface area contributed by atoms with Gasteiger partial charge in [-0.05, 0) is 19.9 Å². The first-order chi connectivity index (χ1) is 6.36. The molecule has 0 atom stereocenters. The average Bonchev–Trinajstić information content (AvgIpc) is 2.02. The van der Waals surface area contributed by atoms with Crippen LogP contribution in [0.25, 0.3) is 0 Å². The number of hydrogen-bond acceptors (Lipinski definition) is 3. The molecule has 0 heterocycles. The summed E-state index contributed by atoms with van der Waals surface area (Å²) in [6, 6.07) is 2.88. The van der Waals surface area contributed by atoms with Crippen molar-refractivity contribution in [1.82, 2.24) is 0 Å². The van der Waals surface area contributed by atoms with Gasteiger partial charge in [0.2, 0.25) is 0 Å². The van der Waals surface area contributed by atoms with Crippen molar-refractivity contribution in [2.75, 3.05) is 7.11 Å². The second-order valence-electron chi connectivity index (χ2n) is 3.56. The molecule has 0 amide bonds. The Morgan fingerprint density at radius 2 is 1.93 bits per heavy atom. The molecule has 14 heavy (non-hydrogen) atoms. The molecule has 78 valence electrons. The first-order valence-electron chi connectivity index (χ1n) is 4.15. The van der Waals surface area contributed by atoms with Crippen molar-refractivity contribution in [3.05, 3.63) is 22.7 Å². The zero-order valence-corrected chi connectivity index (χ0v) is 9.09. The molecule has 0 radical (unpaired) electrons. The van der Waals surface area contributed by atoms with Crippen molar-refractivity contribution < 1.29 is 14.9 Å². The topological polar surface area (TPSA) is 49.7 Å². The summed E-state index contributed by atoms with van der Waals surface area (Å²) in [5.74, 6) is 0.261. The van der Waals surface area contributed by atoms with Gasteiger partial charge in [-0.15, -0.1) is 0 Å². The van der Waals surface area contributed by atoms with Crippen LogP contribution in [0.2, 0.25) is 5.02 Å². The summed E-state index contributed by atoms with van der Waals surface area (Å²) in [5.41, 5.74) is -0.535. The summed E-state index contributed by atoms with van der Waals surface area (Å²) in [6.45, 7) is 3.23. The van der Waals surface area contributed by atoms with E-state index < -0.39 is 5.60 Å². The van der Waals surface area contributed by atoms with Crippen LogP contribution in [0.4, 0.5) is 0 Å². The number of ether oxygens (including phenoxy) is 1. The Kier molecular flexibility index (Phi) is 2.92. The Bertz CT molecular complexity index is 342. The Labute approximate surface area is 87.9 Å². The quantitative estimate of drug-likeness (QED) is 0.798. The van der Waals surface area contributed by atoms with Gasteiger partial charge in [-0.1, -0.05) is 11.6 Å². The molecule has 0 fully saturated rings. The van der Waals surface area contributed by atoms with Gasteiger partial charge >= 0.3 is 0 Å². The van der Waals surface area contributed by atoms with Crippen LogP contribution in [0.3, 0.4) is 0 Å². The van der Waals surface area contributed by atoms with Crippen LogP contribution in [0.1, 0.15) is 19.4 Å². The lowest BCUT2D eigenvalue weighted by molar-refractivity contribution is 0.0784. The van der Waals surface area contributed by atoms with E-state index in [4.69, 9.17) is 16.3 Å². The zero-order chi connectivity index (χ0) is 10.9. The smallest absolute Gasteiger partial charge is 0.160 e. The Balaban J connectivity index is 3.32. The van der Waals surface area contributed by atoms with Gasteiger partial charge in [0.25, 0.3) is 0 Å². The van der Waals surface area contributed by atoms with Gasteiger partial charge in [-0.3, -0.25) is 0 Å². The fourth-order valence-electron chi connectivity index (χ4n) is 1.18. The fraction of sp³-hybridized carbons (Fsp3) is 0.400. The lowest BCUT2D eigenvalue weighted by Crippen LogP contribution is -2.16. The number of hydrogen-bond donors (Lipinski definition) is 2. The van der Waals surface area contributed by atoms with E-state index in [1.54, 1.807) is 13.8 Å². The number of aromatic hydroxyl groups is 1. The minimum absolute atomic E-state index is 0.0366. The number of halogens is 1. The van der Waals surface area contributed by atoms with E-state index in [2.05, 4.69) is 0 Å². The first-order valence-corrected chi connectivity index (χ1v) is 4.53. The van der Waals surface area contributed by atoms with Crippen molar-refractivity contribution in [3.8, 4) is 11.5 Å². The van der Waals surface area contributed by atoms with Crippen molar-refractivity contribution in [3.63, 3.8) is 0 Å². The summed E-state index contributed by atoms with van der Waals surface area (Å²) < 4.78 is 4.92. The van der Waals surface area contributed by atoms with Gasteiger partial charge in [-0.2, -0.15) is 0 Å². The first kappa shape index (κ1) is 11.1. The highest BCUT2D eigenvalue weighted by Gasteiger charge is 2.21. The van der Waals surface area contributed by atoms with E-state index in [9.17, 15) is 10.2 Å². The monoisotopic (exact) mass is 216 g/mol. The number of methoxy groups -OCH3 is 1. The van der Waals surface area contributed by atoms with Crippen molar-refractivity contribution >= 4 is 11.6 Å². The summed E-state index contributed by atoms with van der Waals surface area (Å²) in [4.78, 5) is 0. The second kappa shape index (κ2) is 3.67. The van der Waals surface area contributed by atoms with E-state index in [1.165, 1.54) is 19.2 Å². The Morgan fingerprint density at radius 1 is 1.36 bits per heavy atom. The Hall–Kier alpha value is -0.930. The van der Waals surface area contributed by atoms with E-state index in [1.807, 2.05) is 0 Å². The summed E-state index contributed by atoms with van der Waals surface area (Å²) in [5, 5.41) is 19.5. The van der Waals surface area contributed by atoms with Gasteiger partial charge in [0.15, 0.2) is 11.5 Å². The van der Waals surface area contributed by atoms with E-state index in [-0.39, 0.29) is 5.75 Å². The van der Waals surface area contributed by atoms with E-state index in [0.717, 1.165) is 0 Å². The molecule has 2 N–H and O–H groups in total. The maximum absolute atomic E-state index is 9.76. The van der Waals surface area contributed by atoms with Gasteiger partial charge in [0.05, 0.1) is 17.7 Å². The SMILES string of the molecule is COc1cc(C(C)(C)O)c(Cl)cc1O. The summed E-state index contributed by atoms with van der Waals surface area (Å²) in [6.07, 6.45) is 0. The predicted octanol–water partition coefficient (Wildman–Crippen LogP) is 2.28. The van der Waals surface area contributed by atoms with Gasteiger partial charge in [0.1, 0.15) is 0 Å². The predicted molar refractivity (Wildman–Crippen MR) is 54.9 cm³/mol. The van der Waals surface area contributed by atoms with Crippen LogP contribution in [0, 0.1) is 0 Å². The molecule has 0 unspecified atom stereocenters. The molecular formula is C10H13ClO3. The van der Waals surface area contributed by atoms with Crippen LogP contribution in [0.5, 0.6) is 11.5 Å². The molecule has 1 aromatic rings. The Morgan fingerprint density at radius 3 is 2.36 bits per heavy atom. The molecule has 1 aromatic carbocycles. The van der Waals surface area contributed by atoms with Crippen LogP contribution in [0.15, 0.2) is 12.1 Å². The molecule has 3 nitrogen and oxygen atoms in total. The number of phenolic OH excluding ortho intramolecular Hbond substituents is 1. The van der Waals surface area contributed by atoms with Gasteiger partial charge < -0.3 is 14.9 Å². The van der Waals surface area contributed by atoms with Crippen molar-refractivity contribution in [2.24, 2.45) is 0 Å². The van der Waals surface area contributed by atoms with Crippen LogP contribution in [-0.2, 0) is 5.60 Å². The van der Waals surface area contributed by atoms with Crippen LogP contribution < -0.4 is 4.74 Å². The average molecular weight is 217 g/mol. The zero-order valence-electron chi connectivity index (χ0n) is 8.34. The number of phenols is 1. The molecule has 0 aromatic heterocycles. The molecule has 0 saturated heterocycles. The highest BCUT2D eigenvalue weighted by molar-refractivity contribution is 6.31. The second-order valence-corrected chi connectivity index (χ2v) is 3.97. The molecule has 0 aliphatic rings. The lowest BCUT2D eigenvalue weighted by atomic mass is 9.98. The maximum Gasteiger partial charge on any atom is 0.160 e. The minimum Gasteiger partial charge on any atom is -0.504 e. The van der Waals surface area contributed by atoms with Crippen molar-refractivity contribution in [1.29, 1.82) is 0 Å². The lowest BCUT2D eigenvalue weighted by Gasteiger charge is -2.20. The molecule has 4 heteroatoms. The van der Waals surface area contributed by atoms with Crippen LogP contribution in [-0.4, -0.2) is 17.3 Å². The third kappa shape index (κ3) is 2.11. The largest absolute Gasteiger partial charge is 0.504 e. The van der Waals surface area contributed by atoms with Crippen LogP contribution >= 0.6 is 11.6 Å². The molecule has 0 aliphatic carbocycles. The molecule has 0 spiro atoms. The van der Waals surface area contributed by atoms with Gasteiger partial charge in [-0.25, -0.2) is 0 Å². The summed E-state index contributed by atoms with van der Waals surface area (Å²) >= 11 is 5.87. The standard InChI is InChI=1S/C10H13ClO3/c1-10(2,13)6-4-9(14-3)8(12)5-7(6)11/h4-5,12-13H,1-3H3. The number of rotatable bonds is 2. The van der Waals surface area contributed by atoms with E-state index in [0.29, 0.717) is 16.3 Å². The molecule has 1 rings (SSSR count). The van der Waals surface area contributed by atoms with Crippen molar-refractivity contribution in [2.45, 2.75) is 19.4 Å². The third-order valence-electron chi connectivity index (χ3n) is 1.93. The number of aliphatic hydroxyl groups is 1. The summed E-state index contributed by atoms with van der Waals surface area (Å²) in [7, 11) is 1.44. The highest BCUT2D eigenvalue weighted by atomic mass is 35.5. The van der Waals surface area contributed by atoms with E-state index >= 15 is 0 Å². The highest BCUT2D eigenvalue weighted by Crippen LogP contribution is 2.36. The molecule has 0 saturated carbocycles. The number of benzene rings is 1. The minimum atomic E-state index is -1.06. The van der Waals surface area contributed by atoms with Gasteiger partial charge in [0, 0.05) is 11.6 Å². The molecule has 0 aliphatic heterocycles. The maximum atomic E-state index is 9.76. The third-order valence-corrected chi connectivity index (χ3v) is 2.24. The normalized spacial score (nSPS) is 11.5. The fourth-order valence-corrected chi connectivity index (χ4v) is 1.56.